The fourth-order valence-corrected chi connectivity index (χ4v) is 4.17. The molecule has 0 aliphatic carbocycles. The van der Waals surface area contributed by atoms with Crippen molar-refractivity contribution < 1.29 is 17.9 Å². The van der Waals surface area contributed by atoms with E-state index in [1.54, 1.807) is 31.4 Å². The van der Waals surface area contributed by atoms with Crippen LogP contribution in [0.25, 0.3) is 0 Å². The zero-order valence-electron chi connectivity index (χ0n) is 12.0. The van der Waals surface area contributed by atoms with E-state index >= 15 is 0 Å². The summed E-state index contributed by atoms with van der Waals surface area (Å²) in [5.74, 6) is 0.651. The second-order valence-corrected chi connectivity index (χ2v) is 7.36. The van der Waals surface area contributed by atoms with Crippen LogP contribution in [0.15, 0.2) is 29.2 Å². The van der Waals surface area contributed by atoms with Gasteiger partial charge in [-0.05, 0) is 30.7 Å². The summed E-state index contributed by atoms with van der Waals surface area (Å²) in [4.78, 5) is 0.311. The maximum absolute atomic E-state index is 12.4. The Morgan fingerprint density at radius 1 is 1.24 bits per heavy atom. The molecular formula is C14H20N2O4S. The first kappa shape index (κ1) is 14.8. The van der Waals surface area contributed by atoms with Crippen molar-refractivity contribution in [3.05, 3.63) is 24.3 Å². The van der Waals surface area contributed by atoms with E-state index in [2.05, 4.69) is 5.32 Å². The monoisotopic (exact) mass is 312 g/mol. The van der Waals surface area contributed by atoms with E-state index in [1.165, 1.54) is 4.31 Å². The van der Waals surface area contributed by atoms with Gasteiger partial charge in [-0.3, -0.25) is 0 Å². The largest absolute Gasteiger partial charge is 0.497 e. The molecule has 2 aliphatic heterocycles. The second kappa shape index (κ2) is 5.92. The van der Waals surface area contributed by atoms with Crippen LogP contribution in [0, 0.1) is 0 Å². The molecule has 2 saturated heterocycles. The van der Waals surface area contributed by atoms with Gasteiger partial charge < -0.3 is 14.8 Å². The summed E-state index contributed by atoms with van der Waals surface area (Å²) in [6.45, 7) is 2.55. The first-order valence-electron chi connectivity index (χ1n) is 7.07. The third-order valence-electron chi connectivity index (χ3n) is 3.95. The van der Waals surface area contributed by atoms with Crippen molar-refractivity contribution in [2.45, 2.75) is 23.4 Å². The van der Waals surface area contributed by atoms with Gasteiger partial charge in [0.15, 0.2) is 0 Å². The van der Waals surface area contributed by atoms with Crippen LogP contribution in [0.2, 0.25) is 0 Å². The van der Waals surface area contributed by atoms with Gasteiger partial charge in [-0.2, -0.15) is 4.31 Å². The molecule has 0 radical (unpaired) electrons. The van der Waals surface area contributed by atoms with Crippen LogP contribution in [-0.4, -0.2) is 58.2 Å². The molecule has 1 N–H and O–H groups in total. The van der Waals surface area contributed by atoms with Gasteiger partial charge in [0, 0.05) is 31.8 Å². The van der Waals surface area contributed by atoms with Crippen molar-refractivity contribution in [2.24, 2.45) is 0 Å². The highest BCUT2D eigenvalue weighted by molar-refractivity contribution is 7.89. The molecule has 0 aromatic heterocycles. The SMILES string of the molecule is COc1ccc(S(=O)(=O)N2CC(N[C@H]3CCOC3)C2)cc1. The summed E-state index contributed by atoms with van der Waals surface area (Å²) in [5, 5.41) is 3.44. The lowest BCUT2D eigenvalue weighted by molar-refractivity contribution is 0.172. The van der Waals surface area contributed by atoms with E-state index in [1.807, 2.05) is 0 Å². The first-order chi connectivity index (χ1) is 10.1. The van der Waals surface area contributed by atoms with Crippen LogP contribution in [0.5, 0.6) is 5.75 Å². The Bertz CT molecular complexity index is 575. The van der Waals surface area contributed by atoms with Gasteiger partial charge in [0.05, 0.1) is 18.6 Å². The smallest absolute Gasteiger partial charge is 0.243 e. The van der Waals surface area contributed by atoms with E-state index in [9.17, 15) is 8.42 Å². The fourth-order valence-electron chi connectivity index (χ4n) is 2.64. The molecule has 1 aromatic rings. The molecule has 2 heterocycles. The molecule has 0 amide bonds. The molecule has 0 unspecified atom stereocenters. The summed E-state index contributed by atoms with van der Waals surface area (Å²) in [5.41, 5.74) is 0. The van der Waals surface area contributed by atoms with Crippen LogP contribution in [0.3, 0.4) is 0 Å². The highest BCUT2D eigenvalue weighted by Crippen LogP contribution is 2.24. The maximum Gasteiger partial charge on any atom is 0.243 e. The third kappa shape index (κ3) is 3.06. The first-order valence-corrected chi connectivity index (χ1v) is 8.51. The molecule has 0 spiro atoms. The number of nitrogens with one attached hydrogen (secondary N) is 1. The van der Waals surface area contributed by atoms with Crippen LogP contribution in [0.1, 0.15) is 6.42 Å². The van der Waals surface area contributed by atoms with Crippen LogP contribution >= 0.6 is 0 Å². The van der Waals surface area contributed by atoms with Gasteiger partial charge in [0.25, 0.3) is 0 Å². The lowest BCUT2D eigenvalue weighted by Gasteiger charge is -2.39. The lowest BCUT2D eigenvalue weighted by atomic mass is 10.1. The van der Waals surface area contributed by atoms with Gasteiger partial charge in [-0.15, -0.1) is 0 Å². The van der Waals surface area contributed by atoms with E-state index in [-0.39, 0.29) is 6.04 Å². The normalized spacial score (nSPS) is 24.0. The van der Waals surface area contributed by atoms with Crippen LogP contribution in [0.4, 0.5) is 0 Å². The Labute approximate surface area is 125 Å². The Morgan fingerprint density at radius 2 is 1.95 bits per heavy atom. The number of rotatable bonds is 5. The molecular weight excluding hydrogens is 292 g/mol. The number of sulfonamides is 1. The van der Waals surface area contributed by atoms with Crippen molar-refractivity contribution in [1.82, 2.24) is 9.62 Å². The zero-order chi connectivity index (χ0) is 14.9. The van der Waals surface area contributed by atoms with Gasteiger partial charge in [-0.25, -0.2) is 8.42 Å². The van der Waals surface area contributed by atoms with E-state index < -0.39 is 10.0 Å². The minimum absolute atomic E-state index is 0.227. The highest BCUT2D eigenvalue weighted by atomic mass is 32.2. The second-order valence-electron chi connectivity index (χ2n) is 5.42. The fraction of sp³-hybridized carbons (Fsp3) is 0.571. The highest BCUT2D eigenvalue weighted by Gasteiger charge is 2.37. The molecule has 116 valence electrons. The molecule has 1 atom stereocenters. The molecule has 0 saturated carbocycles. The topological polar surface area (TPSA) is 67.9 Å². The Morgan fingerprint density at radius 3 is 2.52 bits per heavy atom. The summed E-state index contributed by atoms with van der Waals surface area (Å²) >= 11 is 0. The number of methoxy groups -OCH3 is 1. The number of ether oxygens (including phenoxy) is 2. The number of nitrogens with zero attached hydrogens (tertiary/aromatic N) is 1. The van der Waals surface area contributed by atoms with Crippen molar-refractivity contribution >= 4 is 10.0 Å². The third-order valence-corrected chi connectivity index (χ3v) is 5.79. The molecule has 2 fully saturated rings. The summed E-state index contributed by atoms with van der Waals surface area (Å²) in [6, 6.07) is 7.08. The quantitative estimate of drug-likeness (QED) is 0.855. The summed E-state index contributed by atoms with van der Waals surface area (Å²) < 4.78 is 36.7. The number of hydrogen-bond acceptors (Lipinski definition) is 5. The van der Waals surface area contributed by atoms with Crippen LogP contribution < -0.4 is 10.1 Å². The average Bonchev–Trinajstić information content (AvgIpc) is 2.95. The summed E-state index contributed by atoms with van der Waals surface area (Å²) in [6.07, 6.45) is 1.00. The average molecular weight is 312 g/mol. The van der Waals surface area contributed by atoms with Gasteiger partial charge in [0.1, 0.15) is 5.75 Å². The van der Waals surface area contributed by atoms with Gasteiger partial charge >= 0.3 is 0 Å². The van der Waals surface area contributed by atoms with Crippen LogP contribution in [-0.2, 0) is 14.8 Å². The molecule has 3 rings (SSSR count). The number of benzene rings is 1. The molecule has 1 aromatic carbocycles. The molecule has 0 bridgehead atoms. The molecule has 7 heteroatoms. The molecule has 2 aliphatic rings. The van der Waals surface area contributed by atoms with E-state index in [0.29, 0.717) is 29.8 Å². The molecule has 6 nitrogen and oxygen atoms in total. The minimum atomic E-state index is -3.39. The van der Waals surface area contributed by atoms with Crippen molar-refractivity contribution in [3.63, 3.8) is 0 Å². The Hall–Kier alpha value is -1.15. The van der Waals surface area contributed by atoms with Gasteiger partial charge in [0.2, 0.25) is 10.0 Å². The predicted octanol–water partition coefficient (Wildman–Crippen LogP) is 0.447. The minimum Gasteiger partial charge on any atom is -0.497 e. The van der Waals surface area contributed by atoms with Crippen molar-refractivity contribution in [1.29, 1.82) is 0 Å². The standard InChI is InChI=1S/C14H20N2O4S/c1-19-13-2-4-14(5-3-13)21(17,18)16-8-12(9-16)15-11-6-7-20-10-11/h2-5,11-12,15H,6-10H2,1H3/t11-/m0/s1. The number of hydrogen-bond donors (Lipinski definition) is 1. The zero-order valence-corrected chi connectivity index (χ0v) is 12.8. The Balaban J connectivity index is 1.58. The van der Waals surface area contributed by atoms with E-state index in [4.69, 9.17) is 9.47 Å². The van der Waals surface area contributed by atoms with Crippen molar-refractivity contribution in [2.75, 3.05) is 33.4 Å². The Kier molecular flexibility index (Phi) is 4.17. The lowest BCUT2D eigenvalue weighted by Crippen LogP contribution is -2.61. The maximum atomic E-state index is 12.4. The predicted molar refractivity (Wildman–Crippen MR) is 77.9 cm³/mol. The van der Waals surface area contributed by atoms with Gasteiger partial charge in [-0.1, -0.05) is 0 Å². The molecule has 21 heavy (non-hydrogen) atoms. The van der Waals surface area contributed by atoms with E-state index in [0.717, 1.165) is 19.6 Å². The van der Waals surface area contributed by atoms with Crippen molar-refractivity contribution in [3.8, 4) is 5.75 Å². The summed E-state index contributed by atoms with van der Waals surface area (Å²) in [7, 11) is -1.83.